The lowest BCUT2D eigenvalue weighted by atomic mass is 10.1. The van der Waals surface area contributed by atoms with Crippen molar-refractivity contribution in [1.82, 2.24) is 4.98 Å². The minimum atomic E-state index is -0.160. The van der Waals surface area contributed by atoms with Gasteiger partial charge in [0.15, 0.2) is 11.5 Å². The quantitative estimate of drug-likeness (QED) is 0.563. The highest BCUT2D eigenvalue weighted by molar-refractivity contribution is 5.92. The molecule has 0 aliphatic heterocycles. The van der Waals surface area contributed by atoms with E-state index in [4.69, 9.17) is 18.9 Å². The van der Waals surface area contributed by atoms with Gasteiger partial charge in [0.25, 0.3) is 0 Å². The van der Waals surface area contributed by atoms with Gasteiger partial charge in [-0.1, -0.05) is 12.1 Å². The molecule has 1 N–H and O–H groups in total. The number of aryl methyl sites for hydroxylation is 1. The Balaban J connectivity index is 1.66. The number of ether oxygens (including phenoxy) is 4. The smallest absolute Gasteiger partial charge is 0.243 e. The van der Waals surface area contributed by atoms with Crippen LogP contribution < -0.4 is 24.3 Å². The summed E-state index contributed by atoms with van der Waals surface area (Å²) >= 11 is 0. The van der Waals surface area contributed by atoms with Crippen LogP contribution in [0.2, 0.25) is 0 Å². The number of rotatable bonds is 9. The highest BCUT2D eigenvalue weighted by atomic mass is 16.5. The van der Waals surface area contributed by atoms with E-state index in [0.29, 0.717) is 35.2 Å². The third-order valence-electron chi connectivity index (χ3n) is 4.43. The van der Waals surface area contributed by atoms with Crippen molar-refractivity contribution < 1.29 is 23.7 Å². The molecule has 30 heavy (non-hydrogen) atoms. The van der Waals surface area contributed by atoms with Gasteiger partial charge in [0.1, 0.15) is 17.2 Å². The zero-order valence-corrected chi connectivity index (χ0v) is 17.2. The van der Waals surface area contributed by atoms with Crippen molar-refractivity contribution in [2.45, 2.75) is 12.8 Å². The van der Waals surface area contributed by atoms with E-state index in [1.54, 1.807) is 63.9 Å². The molecule has 1 heterocycles. The topological polar surface area (TPSA) is 78.9 Å². The van der Waals surface area contributed by atoms with E-state index < -0.39 is 0 Å². The molecule has 0 radical (unpaired) electrons. The average Bonchev–Trinajstić information content (AvgIpc) is 2.79. The summed E-state index contributed by atoms with van der Waals surface area (Å²) in [6.45, 7) is 0. The maximum absolute atomic E-state index is 12.5. The molecule has 7 nitrogen and oxygen atoms in total. The van der Waals surface area contributed by atoms with Crippen LogP contribution in [0, 0.1) is 0 Å². The van der Waals surface area contributed by atoms with Crippen molar-refractivity contribution in [2.24, 2.45) is 0 Å². The van der Waals surface area contributed by atoms with Crippen molar-refractivity contribution >= 4 is 11.6 Å². The Hall–Kier alpha value is -3.74. The monoisotopic (exact) mass is 408 g/mol. The summed E-state index contributed by atoms with van der Waals surface area (Å²) in [7, 11) is 4.77. The molecular formula is C23H24N2O5. The van der Waals surface area contributed by atoms with Gasteiger partial charge in [-0.15, -0.1) is 0 Å². The Morgan fingerprint density at radius 3 is 2.37 bits per heavy atom. The maximum atomic E-state index is 12.5. The number of carbonyl (C=O) groups excluding carboxylic acids is 1. The molecule has 0 aliphatic rings. The number of hydrogen-bond donors (Lipinski definition) is 1. The molecule has 0 aliphatic carbocycles. The lowest BCUT2D eigenvalue weighted by Crippen LogP contribution is -2.13. The minimum Gasteiger partial charge on any atom is -0.497 e. The summed E-state index contributed by atoms with van der Waals surface area (Å²) in [5.74, 6) is 2.74. The second-order valence-corrected chi connectivity index (χ2v) is 6.33. The second kappa shape index (κ2) is 10.2. The summed E-state index contributed by atoms with van der Waals surface area (Å²) in [5, 5.41) is 2.87. The highest BCUT2D eigenvalue weighted by Gasteiger charge is 2.13. The van der Waals surface area contributed by atoms with Crippen LogP contribution in [0.5, 0.6) is 28.9 Å². The number of nitrogens with zero attached hydrogens (tertiary/aromatic N) is 1. The molecule has 3 rings (SSSR count). The molecule has 0 fully saturated rings. The van der Waals surface area contributed by atoms with E-state index >= 15 is 0 Å². The molecule has 0 spiro atoms. The van der Waals surface area contributed by atoms with E-state index in [1.807, 2.05) is 18.2 Å². The molecule has 3 aromatic rings. The number of pyridine rings is 1. The van der Waals surface area contributed by atoms with Gasteiger partial charge in [-0.2, -0.15) is 0 Å². The highest BCUT2D eigenvalue weighted by Crippen LogP contribution is 2.32. The van der Waals surface area contributed by atoms with Crippen molar-refractivity contribution in [3.63, 3.8) is 0 Å². The summed E-state index contributed by atoms with van der Waals surface area (Å²) in [4.78, 5) is 16.8. The van der Waals surface area contributed by atoms with E-state index in [1.165, 1.54) is 0 Å². The molecule has 7 heteroatoms. The first kappa shape index (κ1) is 21.0. The van der Waals surface area contributed by atoms with Gasteiger partial charge < -0.3 is 24.3 Å². The van der Waals surface area contributed by atoms with Crippen LogP contribution in [0.25, 0.3) is 0 Å². The van der Waals surface area contributed by atoms with E-state index in [2.05, 4.69) is 10.3 Å². The Morgan fingerprint density at radius 1 is 0.900 bits per heavy atom. The Kier molecular flexibility index (Phi) is 7.10. The number of para-hydroxylation sites is 1. The Labute approximate surface area is 175 Å². The maximum Gasteiger partial charge on any atom is 0.243 e. The molecule has 0 unspecified atom stereocenters. The second-order valence-electron chi connectivity index (χ2n) is 6.33. The predicted octanol–water partition coefficient (Wildman–Crippen LogP) is 4.47. The van der Waals surface area contributed by atoms with Crippen molar-refractivity contribution in [2.75, 3.05) is 26.6 Å². The van der Waals surface area contributed by atoms with Crippen LogP contribution >= 0.6 is 0 Å². The normalized spacial score (nSPS) is 10.2. The first-order valence-electron chi connectivity index (χ1n) is 9.41. The van der Waals surface area contributed by atoms with E-state index in [9.17, 15) is 4.79 Å². The fraction of sp³-hybridized carbons (Fsp3) is 0.217. The van der Waals surface area contributed by atoms with Crippen molar-refractivity contribution in [3.05, 3.63) is 66.4 Å². The van der Waals surface area contributed by atoms with Gasteiger partial charge in [0.05, 0.1) is 21.3 Å². The third kappa shape index (κ3) is 5.20. The molecular weight excluding hydrogens is 384 g/mol. The van der Waals surface area contributed by atoms with Gasteiger partial charge in [0, 0.05) is 12.6 Å². The third-order valence-corrected chi connectivity index (χ3v) is 4.43. The number of hydrogen-bond acceptors (Lipinski definition) is 6. The van der Waals surface area contributed by atoms with Crippen LogP contribution in [0.4, 0.5) is 5.69 Å². The van der Waals surface area contributed by atoms with Crippen molar-refractivity contribution in [3.8, 4) is 28.9 Å². The number of benzene rings is 2. The lowest BCUT2D eigenvalue weighted by molar-refractivity contribution is -0.116. The molecule has 1 aromatic heterocycles. The van der Waals surface area contributed by atoms with Crippen LogP contribution in [0.15, 0.2) is 60.8 Å². The van der Waals surface area contributed by atoms with Gasteiger partial charge in [0.2, 0.25) is 11.8 Å². The average molecular weight is 408 g/mol. The standard InChI is InChI=1S/C23H24N2O5/c1-27-17-10-12-18(13-11-17)30-23-19(7-5-15-24-23)25-21(26)14-9-16-6-4-8-20(28-2)22(16)29-3/h4-8,10-13,15H,9,14H2,1-3H3,(H,25,26). The largest absolute Gasteiger partial charge is 0.497 e. The van der Waals surface area contributed by atoms with Crippen LogP contribution in [0.1, 0.15) is 12.0 Å². The number of amides is 1. The van der Waals surface area contributed by atoms with Crippen molar-refractivity contribution in [1.29, 1.82) is 0 Å². The fourth-order valence-corrected chi connectivity index (χ4v) is 2.93. The number of nitrogens with one attached hydrogen (secondary N) is 1. The van der Waals surface area contributed by atoms with E-state index in [0.717, 1.165) is 11.3 Å². The van der Waals surface area contributed by atoms with Crippen LogP contribution in [0.3, 0.4) is 0 Å². The fourth-order valence-electron chi connectivity index (χ4n) is 2.93. The van der Waals surface area contributed by atoms with Crippen LogP contribution in [-0.2, 0) is 11.2 Å². The number of aromatic nitrogens is 1. The number of carbonyl (C=O) groups is 1. The first-order chi connectivity index (χ1) is 14.6. The summed E-state index contributed by atoms with van der Waals surface area (Å²) in [6.07, 6.45) is 2.37. The molecule has 156 valence electrons. The van der Waals surface area contributed by atoms with Gasteiger partial charge >= 0.3 is 0 Å². The molecule has 0 atom stereocenters. The molecule has 0 saturated heterocycles. The number of anilines is 1. The number of methoxy groups -OCH3 is 3. The van der Waals surface area contributed by atoms with Gasteiger partial charge in [-0.3, -0.25) is 4.79 Å². The molecule has 0 bridgehead atoms. The van der Waals surface area contributed by atoms with Gasteiger partial charge in [-0.25, -0.2) is 4.98 Å². The lowest BCUT2D eigenvalue weighted by Gasteiger charge is -2.13. The zero-order chi connectivity index (χ0) is 21.3. The van der Waals surface area contributed by atoms with Crippen LogP contribution in [-0.4, -0.2) is 32.2 Å². The molecule has 0 saturated carbocycles. The predicted molar refractivity (Wildman–Crippen MR) is 114 cm³/mol. The molecule has 1 amide bonds. The first-order valence-corrected chi connectivity index (χ1v) is 9.41. The summed E-state index contributed by atoms with van der Waals surface area (Å²) in [6, 6.07) is 16.2. The zero-order valence-electron chi connectivity index (χ0n) is 17.2. The Morgan fingerprint density at radius 2 is 1.67 bits per heavy atom. The SMILES string of the molecule is COc1ccc(Oc2ncccc2NC(=O)CCc2cccc(OC)c2OC)cc1. The summed E-state index contributed by atoms with van der Waals surface area (Å²) in [5.41, 5.74) is 1.39. The molecule has 2 aromatic carbocycles. The van der Waals surface area contributed by atoms with Gasteiger partial charge in [-0.05, 0) is 54.4 Å². The Bertz CT molecular complexity index is 989. The summed E-state index contributed by atoms with van der Waals surface area (Å²) < 4.78 is 21.7. The minimum absolute atomic E-state index is 0.160. The van der Waals surface area contributed by atoms with E-state index in [-0.39, 0.29) is 12.3 Å².